The lowest BCUT2D eigenvalue weighted by Crippen LogP contribution is -2.10. The number of thioether (sulfide) groups is 1. The fraction of sp³-hybridized carbons (Fsp3) is 0.400. The first-order valence-corrected chi connectivity index (χ1v) is 5.88. The van der Waals surface area contributed by atoms with Gasteiger partial charge < -0.3 is 10.5 Å². The Kier molecular flexibility index (Phi) is 3.15. The first-order valence-electron chi connectivity index (χ1n) is 5.00. The summed E-state index contributed by atoms with van der Waals surface area (Å²) >= 11 is 1.21. The molecule has 2 rings (SSSR count). The molecule has 0 radical (unpaired) electrons. The van der Waals surface area contributed by atoms with E-state index < -0.39 is 0 Å². The molecule has 7 heteroatoms. The Morgan fingerprint density at radius 1 is 1.71 bits per heavy atom. The van der Waals surface area contributed by atoms with Gasteiger partial charge in [0.2, 0.25) is 0 Å². The van der Waals surface area contributed by atoms with Crippen molar-refractivity contribution in [1.82, 2.24) is 9.97 Å². The van der Waals surface area contributed by atoms with Gasteiger partial charge in [0, 0.05) is 6.42 Å². The second-order valence-corrected chi connectivity index (χ2v) is 4.82. The molecule has 6 nitrogen and oxygen atoms in total. The summed E-state index contributed by atoms with van der Waals surface area (Å²) in [4.78, 5) is 19.4. The summed E-state index contributed by atoms with van der Waals surface area (Å²) in [5, 5.41) is 8.77. The molecule has 0 amide bonds. The zero-order valence-corrected chi connectivity index (χ0v) is 9.90. The average Bonchev–Trinajstić information content (AvgIpc) is 2.58. The maximum absolute atomic E-state index is 11.4. The molecular formula is C10H10N4O2S. The highest BCUT2D eigenvalue weighted by atomic mass is 32.2. The van der Waals surface area contributed by atoms with Gasteiger partial charge in [0.1, 0.15) is 28.8 Å². The number of nitrogens with two attached hydrogens (primary N) is 1. The number of anilines is 1. The van der Waals surface area contributed by atoms with Crippen LogP contribution in [0.5, 0.6) is 0 Å². The van der Waals surface area contributed by atoms with Crippen molar-refractivity contribution in [3.05, 3.63) is 11.8 Å². The van der Waals surface area contributed by atoms with Gasteiger partial charge in [0.15, 0.2) is 5.16 Å². The van der Waals surface area contributed by atoms with Gasteiger partial charge >= 0.3 is 5.97 Å². The molecule has 0 bridgehead atoms. The second kappa shape index (κ2) is 4.59. The summed E-state index contributed by atoms with van der Waals surface area (Å²) in [6, 6.07) is 1.88. The van der Waals surface area contributed by atoms with Crippen LogP contribution in [0.3, 0.4) is 0 Å². The lowest BCUT2D eigenvalue weighted by Gasteiger charge is -2.04. The number of hydrogen-bond acceptors (Lipinski definition) is 7. The molecule has 2 atom stereocenters. The third-order valence-electron chi connectivity index (χ3n) is 2.29. The maximum atomic E-state index is 11.4. The smallest absolute Gasteiger partial charge is 0.319 e. The highest BCUT2D eigenvalue weighted by Crippen LogP contribution is 2.30. The van der Waals surface area contributed by atoms with Crippen LogP contribution in [0.2, 0.25) is 0 Å². The highest BCUT2D eigenvalue weighted by Gasteiger charge is 2.33. The molecule has 1 aliphatic heterocycles. The van der Waals surface area contributed by atoms with Crippen LogP contribution < -0.4 is 5.73 Å². The molecule has 0 aliphatic carbocycles. The normalized spacial score (nSPS) is 23.2. The van der Waals surface area contributed by atoms with Gasteiger partial charge in [0.25, 0.3) is 0 Å². The van der Waals surface area contributed by atoms with Crippen molar-refractivity contribution in [2.45, 2.75) is 29.9 Å². The molecule has 88 valence electrons. The first-order chi connectivity index (χ1) is 8.10. The van der Waals surface area contributed by atoms with Crippen LogP contribution in [0.4, 0.5) is 5.82 Å². The van der Waals surface area contributed by atoms with Crippen molar-refractivity contribution < 1.29 is 9.53 Å². The van der Waals surface area contributed by atoms with Crippen molar-refractivity contribution >= 4 is 23.5 Å². The van der Waals surface area contributed by atoms with Gasteiger partial charge in [-0.1, -0.05) is 11.8 Å². The van der Waals surface area contributed by atoms with E-state index in [-0.39, 0.29) is 28.7 Å². The van der Waals surface area contributed by atoms with E-state index in [2.05, 4.69) is 9.97 Å². The molecule has 1 fully saturated rings. The minimum Gasteiger partial charge on any atom is -0.462 e. The number of carbonyl (C=O) groups is 1. The van der Waals surface area contributed by atoms with Crippen molar-refractivity contribution in [3.63, 3.8) is 0 Å². The van der Waals surface area contributed by atoms with Crippen molar-refractivity contribution in [2.75, 3.05) is 5.73 Å². The molecule has 1 saturated heterocycles. The summed E-state index contributed by atoms with van der Waals surface area (Å²) in [6.45, 7) is 1.84. The van der Waals surface area contributed by atoms with Crippen molar-refractivity contribution in [2.24, 2.45) is 0 Å². The van der Waals surface area contributed by atoms with E-state index in [1.165, 1.54) is 18.0 Å². The summed E-state index contributed by atoms with van der Waals surface area (Å²) in [5.74, 6) is -0.126. The molecule has 0 saturated carbocycles. The van der Waals surface area contributed by atoms with Crippen LogP contribution in [0.15, 0.2) is 11.4 Å². The number of rotatable bonds is 2. The number of cyclic esters (lactones) is 1. The highest BCUT2D eigenvalue weighted by molar-refractivity contribution is 8.00. The summed E-state index contributed by atoms with van der Waals surface area (Å²) in [5.41, 5.74) is 5.80. The van der Waals surface area contributed by atoms with Crippen molar-refractivity contribution in [3.8, 4) is 6.07 Å². The molecule has 1 aromatic heterocycles. The minimum atomic E-state index is -0.294. The Balaban J connectivity index is 2.12. The van der Waals surface area contributed by atoms with E-state index in [0.29, 0.717) is 11.6 Å². The Bertz CT molecular complexity index is 500. The molecule has 2 heterocycles. The summed E-state index contributed by atoms with van der Waals surface area (Å²) < 4.78 is 5.02. The number of ether oxygens (including phenoxy) is 1. The van der Waals surface area contributed by atoms with Crippen LogP contribution >= 0.6 is 11.8 Å². The largest absolute Gasteiger partial charge is 0.462 e. The second-order valence-electron chi connectivity index (χ2n) is 3.65. The fourth-order valence-electron chi connectivity index (χ4n) is 1.46. The molecule has 0 aromatic carbocycles. The Hall–Kier alpha value is -1.81. The summed E-state index contributed by atoms with van der Waals surface area (Å²) in [7, 11) is 0. The molecule has 0 spiro atoms. The number of aromatic nitrogens is 2. The monoisotopic (exact) mass is 250 g/mol. The Morgan fingerprint density at radius 3 is 3.00 bits per heavy atom. The number of nitrogen functional groups attached to an aromatic ring is 1. The molecule has 17 heavy (non-hydrogen) atoms. The quantitative estimate of drug-likeness (QED) is 0.609. The van der Waals surface area contributed by atoms with E-state index in [4.69, 9.17) is 15.7 Å². The van der Waals surface area contributed by atoms with Gasteiger partial charge in [-0.2, -0.15) is 5.26 Å². The lowest BCUT2D eigenvalue weighted by molar-refractivity contribution is -0.140. The topological polar surface area (TPSA) is 102 Å². The third-order valence-corrected chi connectivity index (χ3v) is 3.37. The number of nitriles is 1. The third kappa shape index (κ3) is 2.47. The van der Waals surface area contributed by atoms with Crippen molar-refractivity contribution in [1.29, 1.82) is 5.26 Å². The van der Waals surface area contributed by atoms with E-state index in [1.54, 1.807) is 0 Å². The number of nitrogens with zero attached hydrogens (tertiary/aromatic N) is 3. The Morgan fingerprint density at radius 2 is 2.47 bits per heavy atom. The first kappa shape index (κ1) is 11.7. The SMILES string of the molecule is C[C@H]1C[C@@H](Sc2ncc(C#N)c(N)n2)C(=O)O1. The lowest BCUT2D eigenvalue weighted by atomic mass is 10.3. The van der Waals surface area contributed by atoms with E-state index in [0.717, 1.165) is 0 Å². The zero-order chi connectivity index (χ0) is 12.4. The maximum Gasteiger partial charge on any atom is 0.319 e. The van der Waals surface area contributed by atoms with Crippen LogP contribution in [-0.2, 0) is 9.53 Å². The van der Waals surface area contributed by atoms with Gasteiger partial charge in [-0.3, -0.25) is 4.79 Å². The predicted octanol–water partition coefficient (Wildman–Crippen LogP) is 0.727. The van der Waals surface area contributed by atoms with Gasteiger partial charge in [-0.05, 0) is 6.92 Å². The number of esters is 1. The molecule has 0 unspecified atom stereocenters. The summed E-state index contributed by atoms with van der Waals surface area (Å²) in [6.07, 6.45) is 1.91. The Labute approximate surface area is 102 Å². The number of carbonyl (C=O) groups excluding carboxylic acids is 1. The van der Waals surface area contributed by atoms with Gasteiger partial charge in [-0.15, -0.1) is 0 Å². The molecular weight excluding hydrogens is 240 g/mol. The van der Waals surface area contributed by atoms with Crippen LogP contribution in [0.25, 0.3) is 0 Å². The van der Waals surface area contributed by atoms with Gasteiger partial charge in [-0.25, -0.2) is 9.97 Å². The minimum absolute atomic E-state index is 0.0734. The van der Waals surface area contributed by atoms with Gasteiger partial charge in [0.05, 0.1) is 6.20 Å². The van der Waals surface area contributed by atoms with Crippen LogP contribution in [0, 0.1) is 11.3 Å². The number of hydrogen-bond donors (Lipinski definition) is 1. The molecule has 2 N–H and O–H groups in total. The molecule has 1 aliphatic rings. The zero-order valence-electron chi connectivity index (χ0n) is 9.08. The standard InChI is InChI=1S/C10H10N4O2S/c1-5-2-7(9(15)16-5)17-10-13-4-6(3-11)8(12)14-10/h4-5,7H,2H2,1H3,(H2,12,13,14)/t5-,7+/m0/s1. The fourth-order valence-corrected chi connectivity index (χ4v) is 2.50. The predicted molar refractivity (Wildman–Crippen MR) is 61.0 cm³/mol. The van der Waals surface area contributed by atoms with E-state index >= 15 is 0 Å². The average molecular weight is 250 g/mol. The van der Waals surface area contributed by atoms with Crippen LogP contribution in [0.1, 0.15) is 18.9 Å². The van der Waals surface area contributed by atoms with Crippen LogP contribution in [-0.4, -0.2) is 27.3 Å². The van der Waals surface area contributed by atoms with E-state index in [1.807, 2.05) is 13.0 Å². The molecule has 1 aromatic rings. The van der Waals surface area contributed by atoms with E-state index in [9.17, 15) is 4.79 Å².